The molecule has 2 aromatic carbocycles. The molecule has 1 aromatic heterocycles. The summed E-state index contributed by atoms with van der Waals surface area (Å²) in [6.07, 6.45) is 3.19. The first-order chi connectivity index (χ1) is 9.65. The molecule has 1 heterocycles. The quantitative estimate of drug-likeness (QED) is 0.668. The first kappa shape index (κ1) is 12.4. The lowest BCUT2D eigenvalue weighted by Gasteiger charge is -2.04. The van der Waals surface area contributed by atoms with Crippen molar-refractivity contribution in [3.63, 3.8) is 0 Å². The number of fused-ring (bicyclic) bond motifs is 1. The van der Waals surface area contributed by atoms with Crippen molar-refractivity contribution in [2.24, 2.45) is 0 Å². The summed E-state index contributed by atoms with van der Waals surface area (Å²) < 4.78 is 13.2. The first-order valence-corrected chi connectivity index (χ1v) is 6.17. The monoisotopic (exact) mass is 266 g/mol. The van der Waals surface area contributed by atoms with Crippen LogP contribution in [0.3, 0.4) is 0 Å². The van der Waals surface area contributed by atoms with E-state index >= 15 is 0 Å². The fourth-order valence-electron chi connectivity index (χ4n) is 2.06. The molecule has 0 bridgehead atoms. The van der Waals surface area contributed by atoms with Crippen LogP contribution in [0.25, 0.3) is 11.0 Å². The zero-order valence-electron chi connectivity index (χ0n) is 10.8. The number of carbonyl (C=O) groups excluding carboxylic acids is 1. The van der Waals surface area contributed by atoms with Crippen molar-refractivity contribution in [1.82, 2.24) is 9.97 Å². The largest absolute Gasteiger partial charge is 0.289 e. The van der Waals surface area contributed by atoms with Crippen molar-refractivity contribution >= 4 is 16.8 Å². The summed E-state index contributed by atoms with van der Waals surface area (Å²) in [5.41, 5.74) is 2.84. The van der Waals surface area contributed by atoms with Gasteiger partial charge in [0, 0.05) is 23.5 Å². The lowest BCUT2D eigenvalue weighted by Crippen LogP contribution is -2.02. The number of aryl methyl sites for hydroxylation is 1. The molecule has 0 radical (unpaired) electrons. The Bertz CT molecular complexity index is 814. The number of nitrogens with zero attached hydrogens (tertiary/aromatic N) is 2. The van der Waals surface area contributed by atoms with Gasteiger partial charge in [-0.2, -0.15) is 0 Å². The highest BCUT2D eigenvalue weighted by atomic mass is 19.1. The molecule has 0 fully saturated rings. The van der Waals surface area contributed by atoms with E-state index in [9.17, 15) is 9.18 Å². The minimum absolute atomic E-state index is 0.152. The number of ketones is 1. The fourth-order valence-corrected chi connectivity index (χ4v) is 2.06. The van der Waals surface area contributed by atoms with Crippen molar-refractivity contribution in [2.45, 2.75) is 6.92 Å². The van der Waals surface area contributed by atoms with E-state index in [1.165, 1.54) is 12.1 Å². The lowest BCUT2D eigenvalue weighted by atomic mass is 10.0. The molecule has 0 aliphatic carbocycles. The maximum Gasteiger partial charge on any atom is 0.193 e. The molecule has 0 aliphatic heterocycles. The summed E-state index contributed by atoms with van der Waals surface area (Å²) in [4.78, 5) is 20.7. The molecular formula is C16H11FN2O. The molecule has 0 N–H and O–H groups in total. The highest BCUT2D eigenvalue weighted by molar-refractivity contribution is 6.10. The fraction of sp³-hybridized carbons (Fsp3) is 0.0625. The second-order valence-corrected chi connectivity index (χ2v) is 4.55. The number of hydrogen-bond donors (Lipinski definition) is 0. The average molecular weight is 266 g/mol. The molecule has 0 amide bonds. The lowest BCUT2D eigenvalue weighted by molar-refractivity contribution is 0.103. The minimum atomic E-state index is -0.314. The van der Waals surface area contributed by atoms with Crippen molar-refractivity contribution in [2.75, 3.05) is 0 Å². The Hall–Kier alpha value is -2.62. The van der Waals surface area contributed by atoms with Crippen molar-refractivity contribution in [1.29, 1.82) is 0 Å². The highest BCUT2D eigenvalue weighted by Gasteiger charge is 2.11. The summed E-state index contributed by atoms with van der Waals surface area (Å²) >= 11 is 0. The molecule has 0 unspecified atom stereocenters. The maximum atomic E-state index is 13.2. The standard InChI is InChI=1S/C16H11FN2O/c1-10-8-11(2-4-13(10)17)16(20)12-3-5-14-15(9-12)19-7-6-18-14/h2-9H,1H3. The SMILES string of the molecule is Cc1cc(C(=O)c2ccc3nccnc3c2)ccc1F. The number of halogens is 1. The van der Waals surface area contributed by atoms with Gasteiger partial charge in [0.1, 0.15) is 5.82 Å². The van der Waals surface area contributed by atoms with Crippen LogP contribution in [0, 0.1) is 12.7 Å². The third kappa shape index (κ3) is 2.16. The average Bonchev–Trinajstić information content (AvgIpc) is 2.49. The predicted molar refractivity (Wildman–Crippen MR) is 74.1 cm³/mol. The summed E-state index contributed by atoms with van der Waals surface area (Å²) in [7, 11) is 0. The molecule has 3 rings (SSSR count). The molecule has 0 spiro atoms. The van der Waals surface area contributed by atoms with Crippen LogP contribution in [0.4, 0.5) is 4.39 Å². The van der Waals surface area contributed by atoms with E-state index < -0.39 is 0 Å². The molecule has 98 valence electrons. The third-order valence-corrected chi connectivity index (χ3v) is 3.15. The van der Waals surface area contributed by atoms with Crippen LogP contribution in [0.2, 0.25) is 0 Å². The minimum Gasteiger partial charge on any atom is -0.289 e. The maximum absolute atomic E-state index is 13.2. The van der Waals surface area contributed by atoms with E-state index in [1.807, 2.05) is 0 Å². The summed E-state index contributed by atoms with van der Waals surface area (Å²) in [5, 5.41) is 0. The topological polar surface area (TPSA) is 42.9 Å². The van der Waals surface area contributed by atoms with Crippen LogP contribution < -0.4 is 0 Å². The van der Waals surface area contributed by atoms with Gasteiger partial charge in [-0.1, -0.05) is 0 Å². The molecule has 0 aliphatic rings. The van der Waals surface area contributed by atoms with Gasteiger partial charge in [-0.05, 0) is 48.9 Å². The molecule has 0 saturated heterocycles. The van der Waals surface area contributed by atoms with Crippen LogP contribution in [-0.2, 0) is 0 Å². The Kier molecular flexibility index (Phi) is 2.99. The zero-order chi connectivity index (χ0) is 14.1. The van der Waals surface area contributed by atoms with Crippen molar-refractivity contribution < 1.29 is 9.18 Å². The molecular weight excluding hydrogens is 255 g/mol. The normalized spacial score (nSPS) is 10.7. The highest BCUT2D eigenvalue weighted by Crippen LogP contribution is 2.17. The van der Waals surface area contributed by atoms with Crippen LogP contribution in [-0.4, -0.2) is 15.8 Å². The van der Waals surface area contributed by atoms with Gasteiger partial charge >= 0.3 is 0 Å². The molecule has 0 atom stereocenters. The van der Waals surface area contributed by atoms with Crippen molar-refractivity contribution in [3.05, 3.63) is 71.3 Å². The Morgan fingerprint density at radius 1 is 0.950 bits per heavy atom. The van der Waals surface area contributed by atoms with Crippen molar-refractivity contribution in [3.8, 4) is 0 Å². The first-order valence-electron chi connectivity index (χ1n) is 6.17. The Balaban J connectivity index is 2.05. The Morgan fingerprint density at radius 3 is 2.35 bits per heavy atom. The van der Waals surface area contributed by atoms with Gasteiger partial charge in [0.05, 0.1) is 11.0 Å². The number of benzene rings is 2. The molecule has 3 nitrogen and oxygen atoms in total. The number of hydrogen-bond acceptors (Lipinski definition) is 3. The number of carbonyl (C=O) groups is 1. The Morgan fingerprint density at radius 2 is 1.60 bits per heavy atom. The molecule has 3 aromatic rings. The predicted octanol–water partition coefficient (Wildman–Crippen LogP) is 3.31. The second-order valence-electron chi connectivity index (χ2n) is 4.55. The van der Waals surface area contributed by atoms with Gasteiger partial charge in [-0.25, -0.2) is 4.39 Å². The molecule has 20 heavy (non-hydrogen) atoms. The second kappa shape index (κ2) is 4.81. The van der Waals surface area contributed by atoms with Gasteiger partial charge in [0.25, 0.3) is 0 Å². The summed E-state index contributed by atoms with van der Waals surface area (Å²) in [5.74, 6) is -0.466. The summed E-state index contributed by atoms with van der Waals surface area (Å²) in [6.45, 7) is 1.64. The van der Waals surface area contributed by atoms with Gasteiger partial charge in [-0.3, -0.25) is 14.8 Å². The Labute approximate surface area is 115 Å². The van der Waals surface area contributed by atoms with Crippen LogP contribution in [0.15, 0.2) is 48.8 Å². The number of aromatic nitrogens is 2. The number of rotatable bonds is 2. The van der Waals surface area contributed by atoms with E-state index in [2.05, 4.69) is 9.97 Å². The van der Waals surface area contributed by atoms with Crippen LogP contribution in [0.5, 0.6) is 0 Å². The zero-order valence-corrected chi connectivity index (χ0v) is 10.8. The van der Waals surface area contributed by atoms with E-state index in [1.54, 1.807) is 43.6 Å². The van der Waals surface area contributed by atoms with Gasteiger partial charge in [0.2, 0.25) is 0 Å². The van der Waals surface area contributed by atoms with Crippen LogP contribution in [0.1, 0.15) is 21.5 Å². The smallest absolute Gasteiger partial charge is 0.193 e. The van der Waals surface area contributed by atoms with E-state index in [0.29, 0.717) is 22.2 Å². The van der Waals surface area contributed by atoms with E-state index in [4.69, 9.17) is 0 Å². The van der Waals surface area contributed by atoms with E-state index in [0.717, 1.165) is 5.52 Å². The van der Waals surface area contributed by atoms with Gasteiger partial charge < -0.3 is 0 Å². The molecule has 0 saturated carbocycles. The molecule has 4 heteroatoms. The third-order valence-electron chi connectivity index (χ3n) is 3.15. The van der Waals surface area contributed by atoms with E-state index in [-0.39, 0.29) is 11.6 Å². The van der Waals surface area contributed by atoms with Gasteiger partial charge in [-0.15, -0.1) is 0 Å². The van der Waals surface area contributed by atoms with Gasteiger partial charge in [0.15, 0.2) is 5.78 Å². The summed E-state index contributed by atoms with van der Waals surface area (Å²) in [6, 6.07) is 9.51. The van der Waals surface area contributed by atoms with Crippen LogP contribution >= 0.6 is 0 Å².